The van der Waals surface area contributed by atoms with Gasteiger partial charge >= 0.3 is 5.97 Å². The molecule has 0 amide bonds. The Hall–Kier alpha value is -0.960. The molecule has 0 bridgehead atoms. The van der Waals surface area contributed by atoms with Crippen LogP contribution in [0.1, 0.15) is 76.5 Å². The molecule has 0 heterocycles. The number of hydrogen-bond acceptors (Lipinski definition) is 3. The zero-order valence-corrected chi connectivity index (χ0v) is 19.3. The van der Waals surface area contributed by atoms with Gasteiger partial charge in [-0.3, -0.25) is 4.79 Å². The Morgan fingerprint density at radius 3 is 2.61 bits per heavy atom. The van der Waals surface area contributed by atoms with Crippen LogP contribution in [0.5, 0.6) is 5.75 Å². The highest BCUT2D eigenvalue weighted by molar-refractivity contribution is 7.99. The highest BCUT2D eigenvalue weighted by atomic mass is 32.2. The van der Waals surface area contributed by atoms with Crippen molar-refractivity contribution in [1.29, 1.82) is 0 Å². The van der Waals surface area contributed by atoms with Crippen molar-refractivity contribution in [1.82, 2.24) is 0 Å². The Morgan fingerprint density at radius 1 is 1.14 bits per heavy atom. The predicted molar refractivity (Wildman–Crippen MR) is 118 cm³/mol. The molecule has 2 unspecified atom stereocenters. The third-order valence-corrected chi connectivity index (χ3v) is 9.20. The highest BCUT2D eigenvalue weighted by Gasteiger charge is 2.61. The van der Waals surface area contributed by atoms with Crippen LogP contribution >= 0.6 is 11.8 Å². The number of esters is 1. The van der Waals surface area contributed by atoms with Crippen LogP contribution < -0.4 is 4.74 Å². The van der Waals surface area contributed by atoms with E-state index in [1.807, 2.05) is 6.26 Å². The largest absolute Gasteiger partial charge is 0.426 e. The maximum atomic E-state index is 12.0. The van der Waals surface area contributed by atoms with Crippen molar-refractivity contribution in [2.45, 2.75) is 78.6 Å². The van der Waals surface area contributed by atoms with Crippen LogP contribution in [0.4, 0.5) is 0 Å². The maximum Gasteiger partial charge on any atom is 0.321 e. The van der Waals surface area contributed by atoms with Gasteiger partial charge in [-0.25, -0.2) is 0 Å². The van der Waals surface area contributed by atoms with E-state index in [0.29, 0.717) is 22.5 Å². The van der Waals surface area contributed by atoms with Gasteiger partial charge in [-0.15, -0.1) is 0 Å². The van der Waals surface area contributed by atoms with Crippen molar-refractivity contribution in [2.75, 3.05) is 12.0 Å². The third-order valence-electron chi connectivity index (χ3n) is 8.67. The Labute approximate surface area is 175 Å². The van der Waals surface area contributed by atoms with Gasteiger partial charge in [0.05, 0.1) is 5.75 Å². The van der Waals surface area contributed by atoms with E-state index in [9.17, 15) is 4.79 Å². The van der Waals surface area contributed by atoms with E-state index in [1.165, 1.54) is 55.0 Å². The first-order valence-electron chi connectivity index (χ1n) is 11.0. The van der Waals surface area contributed by atoms with Crippen LogP contribution in [-0.4, -0.2) is 18.0 Å². The molecule has 0 aliphatic heterocycles. The molecule has 0 aromatic heterocycles. The quantitative estimate of drug-likeness (QED) is 0.439. The molecule has 3 heteroatoms. The molecule has 0 N–H and O–H groups in total. The zero-order valence-electron chi connectivity index (χ0n) is 18.5. The molecular weight excluding hydrogens is 364 g/mol. The Bertz CT molecular complexity index is 798. The minimum atomic E-state index is -0.144. The lowest BCUT2D eigenvalue weighted by Gasteiger charge is -2.61. The highest BCUT2D eigenvalue weighted by Crippen LogP contribution is 2.67. The topological polar surface area (TPSA) is 26.3 Å². The Kier molecular flexibility index (Phi) is 4.93. The molecule has 0 saturated heterocycles. The van der Waals surface area contributed by atoms with E-state index in [2.05, 4.69) is 46.8 Å². The van der Waals surface area contributed by atoms with Gasteiger partial charge < -0.3 is 4.74 Å². The van der Waals surface area contributed by atoms with Crippen LogP contribution in [0.2, 0.25) is 0 Å². The number of rotatable bonds is 3. The monoisotopic (exact) mass is 400 g/mol. The number of aryl methyl sites for hydroxylation is 1. The van der Waals surface area contributed by atoms with Crippen molar-refractivity contribution in [3.05, 3.63) is 28.8 Å². The molecular formula is C25H36O2S. The van der Waals surface area contributed by atoms with E-state index < -0.39 is 0 Å². The molecule has 2 nitrogen and oxygen atoms in total. The van der Waals surface area contributed by atoms with E-state index in [4.69, 9.17) is 4.74 Å². The molecule has 2 fully saturated rings. The fraction of sp³-hybridized carbons (Fsp3) is 0.720. The summed E-state index contributed by atoms with van der Waals surface area (Å²) in [5, 5.41) is 0. The molecule has 3 aliphatic carbocycles. The van der Waals surface area contributed by atoms with Gasteiger partial charge in [0.25, 0.3) is 0 Å². The number of hydrogen-bond donors (Lipinski definition) is 0. The second-order valence-corrected chi connectivity index (χ2v) is 11.7. The number of carbonyl (C=O) groups is 1. The molecule has 28 heavy (non-hydrogen) atoms. The number of carbonyl (C=O) groups excluding carboxylic acids is 1. The fourth-order valence-corrected chi connectivity index (χ4v) is 8.06. The summed E-state index contributed by atoms with van der Waals surface area (Å²) in [4.78, 5) is 12.0. The average Bonchev–Trinajstić information content (AvgIpc) is 2.88. The summed E-state index contributed by atoms with van der Waals surface area (Å²) in [5.41, 5.74) is 5.44. The Balaban J connectivity index is 1.71. The van der Waals surface area contributed by atoms with Gasteiger partial charge in [-0.2, -0.15) is 11.8 Å². The summed E-state index contributed by atoms with van der Waals surface area (Å²) in [6.07, 6.45) is 9.81. The van der Waals surface area contributed by atoms with Crippen LogP contribution in [0.3, 0.4) is 0 Å². The van der Waals surface area contributed by atoms with Crippen molar-refractivity contribution in [3.8, 4) is 5.75 Å². The molecule has 1 aromatic carbocycles. The van der Waals surface area contributed by atoms with Gasteiger partial charge in [0.1, 0.15) is 5.75 Å². The lowest BCUT2D eigenvalue weighted by molar-refractivity contribution is -0.131. The first-order valence-corrected chi connectivity index (χ1v) is 12.3. The SMILES string of the molecule is CSCC(=O)Oc1cc(C)c2c(c1)C[C@H]1C2(C)CCC2C(C)(C)CCC[C@@]21C. The fourth-order valence-electron chi connectivity index (χ4n) is 7.77. The standard InChI is InChI=1S/C25H36O2S/c1-16-12-18(27-21(26)15-28-6)13-17-14-20-24(4)10-7-9-23(2,3)19(24)8-11-25(20,5)22(16)17/h12-13,19-20H,7-11,14-15H2,1-6H3/t19?,20-,24+,25?/m1/s1. The predicted octanol–water partition coefficient (Wildman–Crippen LogP) is 6.32. The molecule has 4 rings (SSSR count). The summed E-state index contributed by atoms with van der Waals surface area (Å²) in [6.45, 7) is 12.4. The summed E-state index contributed by atoms with van der Waals surface area (Å²) in [7, 11) is 0. The smallest absolute Gasteiger partial charge is 0.321 e. The summed E-state index contributed by atoms with van der Waals surface area (Å²) in [6, 6.07) is 4.28. The molecule has 1 aromatic rings. The minimum absolute atomic E-state index is 0.144. The maximum absolute atomic E-state index is 12.0. The van der Waals surface area contributed by atoms with E-state index in [-0.39, 0.29) is 11.4 Å². The molecule has 0 spiro atoms. The van der Waals surface area contributed by atoms with E-state index in [0.717, 1.165) is 18.1 Å². The second-order valence-electron chi connectivity index (χ2n) is 10.8. The molecule has 3 aliphatic rings. The van der Waals surface area contributed by atoms with E-state index >= 15 is 0 Å². The molecule has 0 radical (unpaired) electrons. The zero-order chi connectivity index (χ0) is 20.3. The number of benzene rings is 1. The first-order chi connectivity index (χ1) is 13.1. The number of ether oxygens (including phenoxy) is 1. The van der Waals surface area contributed by atoms with Gasteiger partial charge in [-0.1, -0.05) is 34.1 Å². The van der Waals surface area contributed by atoms with Gasteiger partial charge in [-0.05, 0) is 102 Å². The van der Waals surface area contributed by atoms with Crippen molar-refractivity contribution in [2.24, 2.45) is 22.7 Å². The lowest BCUT2D eigenvalue weighted by Crippen LogP contribution is -2.55. The van der Waals surface area contributed by atoms with Crippen molar-refractivity contribution < 1.29 is 9.53 Å². The summed E-state index contributed by atoms with van der Waals surface area (Å²) in [5.74, 6) is 2.52. The molecule has 154 valence electrons. The minimum Gasteiger partial charge on any atom is -0.426 e. The van der Waals surface area contributed by atoms with Crippen LogP contribution in [0.25, 0.3) is 0 Å². The van der Waals surface area contributed by atoms with Crippen molar-refractivity contribution in [3.63, 3.8) is 0 Å². The van der Waals surface area contributed by atoms with E-state index in [1.54, 1.807) is 5.56 Å². The lowest BCUT2D eigenvalue weighted by atomic mass is 9.43. The van der Waals surface area contributed by atoms with Gasteiger partial charge in [0.15, 0.2) is 0 Å². The average molecular weight is 401 g/mol. The molecule has 2 saturated carbocycles. The van der Waals surface area contributed by atoms with Crippen molar-refractivity contribution >= 4 is 17.7 Å². The summed E-state index contributed by atoms with van der Waals surface area (Å²) >= 11 is 1.51. The van der Waals surface area contributed by atoms with Gasteiger partial charge in [0, 0.05) is 0 Å². The van der Waals surface area contributed by atoms with Crippen LogP contribution in [-0.2, 0) is 16.6 Å². The van der Waals surface area contributed by atoms with Gasteiger partial charge in [0.2, 0.25) is 0 Å². The van der Waals surface area contributed by atoms with Crippen LogP contribution in [0.15, 0.2) is 12.1 Å². The first kappa shape index (κ1) is 20.3. The number of fused-ring (bicyclic) bond motifs is 5. The second kappa shape index (κ2) is 6.79. The van der Waals surface area contributed by atoms with Crippen LogP contribution in [0, 0.1) is 29.6 Å². The normalized spacial score (nSPS) is 35.6. The summed E-state index contributed by atoms with van der Waals surface area (Å²) < 4.78 is 5.65. The Morgan fingerprint density at radius 2 is 1.89 bits per heavy atom. The third kappa shape index (κ3) is 2.95. The number of thioether (sulfide) groups is 1. The molecule has 4 atom stereocenters.